The standard InChI is InChI=1S/C33H20Cl2F5IN2O6/c1-49-18-10-12(9-17(41)27(18)44)20-14-7-8-15-19(29(46)42(28(15)45)13-5-3-2-4-6-13)16(14)11-32(34)30(47)43(31(48)33(20,32)35)26-24(39)22(37)21(36)23(38)25(26)40/h2-7,9-10,15-16,19-20,44H,8,11H2,1H3/t15-,16+,19-,20-,32+,33-/m0/s1. The van der Waals surface area contributed by atoms with Gasteiger partial charge in [0, 0.05) is 5.92 Å². The number of alkyl halides is 2. The maximum Gasteiger partial charge on any atom is 0.258 e. The largest absolute Gasteiger partial charge is 0.504 e. The first-order valence-corrected chi connectivity index (χ1v) is 16.4. The van der Waals surface area contributed by atoms with Crippen LogP contribution in [0, 0.1) is 50.4 Å². The van der Waals surface area contributed by atoms with E-state index >= 15 is 8.78 Å². The van der Waals surface area contributed by atoms with E-state index in [4.69, 9.17) is 27.9 Å². The van der Waals surface area contributed by atoms with E-state index in [1.54, 1.807) is 59.0 Å². The van der Waals surface area contributed by atoms with Crippen LogP contribution in [0.25, 0.3) is 0 Å². The van der Waals surface area contributed by atoms with Crippen molar-refractivity contribution in [2.45, 2.75) is 28.5 Å². The molecule has 0 bridgehead atoms. The summed E-state index contributed by atoms with van der Waals surface area (Å²) in [6.07, 6.45) is 0.937. The van der Waals surface area contributed by atoms with Gasteiger partial charge in [0.2, 0.25) is 17.6 Å². The first-order chi connectivity index (χ1) is 23.1. The maximum atomic E-state index is 15.2. The van der Waals surface area contributed by atoms with Crippen LogP contribution in [0.2, 0.25) is 0 Å². The van der Waals surface area contributed by atoms with Crippen molar-refractivity contribution in [3.63, 3.8) is 0 Å². The maximum absolute atomic E-state index is 15.2. The quantitative estimate of drug-likeness (QED) is 0.0616. The highest BCUT2D eigenvalue weighted by Gasteiger charge is 2.77. The lowest BCUT2D eigenvalue weighted by atomic mass is 9.56. The molecule has 3 aromatic carbocycles. The van der Waals surface area contributed by atoms with Crippen molar-refractivity contribution >= 4 is 80.8 Å². The number of phenolic OH excluding ortho intramolecular Hbond substituents is 1. The van der Waals surface area contributed by atoms with E-state index < -0.39 is 98.2 Å². The Labute approximate surface area is 297 Å². The number of hydrogen-bond donors (Lipinski definition) is 1. The number of anilines is 2. The van der Waals surface area contributed by atoms with Gasteiger partial charge in [-0.15, -0.1) is 23.2 Å². The molecule has 3 fully saturated rings. The molecular weight excluding hydrogens is 813 g/mol. The Morgan fingerprint density at radius 1 is 0.857 bits per heavy atom. The number of aromatic hydroxyl groups is 1. The summed E-state index contributed by atoms with van der Waals surface area (Å²) in [5.74, 6) is -21.7. The van der Waals surface area contributed by atoms with Gasteiger partial charge in [-0.2, -0.15) is 0 Å². The molecule has 0 radical (unpaired) electrons. The molecule has 254 valence electrons. The van der Waals surface area contributed by atoms with Crippen LogP contribution in [0.3, 0.4) is 0 Å². The number of allylic oxidation sites excluding steroid dienone is 2. The number of benzene rings is 3. The fourth-order valence-corrected chi connectivity index (χ4v) is 9.25. The minimum Gasteiger partial charge on any atom is -0.504 e. The molecule has 2 aliphatic heterocycles. The van der Waals surface area contributed by atoms with Crippen molar-refractivity contribution in [2.24, 2.45) is 17.8 Å². The summed E-state index contributed by atoms with van der Waals surface area (Å²) in [6.45, 7) is 0. The average molecular weight is 833 g/mol. The Morgan fingerprint density at radius 2 is 1.47 bits per heavy atom. The minimum atomic E-state index is -2.70. The Bertz CT molecular complexity index is 2040. The SMILES string of the molecule is COc1cc([C@H]2C3=CC[C@@H]4C(=O)N(c5ccccc5)C(=O)[C@@H]4[C@@H]3C[C@@]3(Cl)C(=O)N(c4c(F)c(F)c(F)c(F)c4F)C(=O)[C@@]23Cl)cc(I)c1O. The van der Waals surface area contributed by atoms with Crippen molar-refractivity contribution in [1.29, 1.82) is 0 Å². The Kier molecular flexibility index (Phi) is 7.83. The third-order valence-electron chi connectivity index (χ3n) is 9.84. The van der Waals surface area contributed by atoms with E-state index in [0.29, 0.717) is 0 Å². The topological polar surface area (TPSA) is 104 Å². The van der Waals surface area contributed by atoms with E-state index in [1.165, 1.54) is 19.2 Å². The number of ether oxygens (including phenoxy) is 1. The van der Waals surface area contributed by atoms with E-state index in [1.807, 2.05) is 0 Å². The van der Waals surface area contributed by atoms with Crippen molar-refractivity contribution in [2.75, 3.05) is 16.9 Å². The van der Waals surface area contributed by atoms with Crippen LogP contribution in [-0.2, 0) is 19.2 Å². The van der Waals surface area contributed by atoms with E-state index in [0.717, 1.165) is 4.90 Å². The van der Waals surface area contributed by atoms with Crippen LogP contribution < -0.4 is 14.5 Å². The molecule has 6 atom stereocenters. The number of fused-ring (bicyclic) bond motifs is 4. The molecule has 0 unspecified atom stereocenters. The average Bonchev–Trinajstić information content (AvgIpc) is 3.42. The highest BCUT2D eigenvalue weighted by atomic mass is 127. The number of rotatable bonds is 4. The van der Waals surface area contributed by atoms with Crippen molar-refractivity contribution in [3.05, 3.63) is 92.3 Å². The number of nitrogens with zero attached hydrogens (tertiary/aromatic N) is 2. The predicted molar refractivity (Wildman–Crippen MR) is 173 cm³/mol. The third kappa shape index (κ3) is 4.32. The van der Waals surface area contributed by atoms with Gasteiger partial charge in [-0.3, -0.25) is 24.1 Å². The summed E-state index contributed by atoms with van der Waals surface area (Å²) in [7, 11) is 1.24. The highest BCUT2D eigenvalue weighted by Crippen LogP contribution is 2.66. The minimum absolute atomic E-state index is 0.0149. The third-order valence-corrected chi connectivity index (χ3v) is 12.1. The number of carbonyl (C=O) groups is 4. The molecule has 1 N–H and O–H groups in total. The molecule has 4 amide bonds. The molecule has 2 heterocycles. The van der Waals surface area contributed by atoms with Crippen LogP contribution in [0.4, 0.5) is 33.3 Å². The number of amides is 4. The van der Waals surface area contributed by atoms with Crippen molar-refractivity contribution < 1.29 is 51.0 Å². The number of carbonyl (C=O) groups excluding carboxylic acids is 4. The van der Waals surface area contributed by atoms with Gasteiger partial charge in [0.05, 0.1) is 28.2 Å². The van der Waals surface area contributed by atoms with Gasteiger partial charge < -0.3 is 9.84 Å². The van der Waals surface area contributed by atoms with Crippen LogP contribution in [-0.4, -0.2) is 45.6 Å². The lowest BCUT2D eigenvalue weighted by Crippen LogP contribution is -2.60. The van der Waals surface area contributed by atoms with E-state index in [2.05, 4.69) is 0 Å². The molecule has 7 rings (SSSR count). The van der Waals surface area contributed by atoms with E-state index in [9.17, 15) is 37.5 Å². The number of halogens is 8. The molecule has 3 aromatic rings. The smallest absolute Gasteiger partial charge is 0.258 e. The number of imide groups is 2. The first-order valence-electron chi connectivity index (χ1n) is 14.6. The second-order valence-electron chi connectivity index (χ2n) is 12.1. The predicted octanol–water partition coefficient (Wildman–Crippen LogP) is 6.47. The Hall–Kier alpha value is -3.76. The molecule has 0 spiro atoms. The first kappa shape index (κ1) is 33.7. The molecule has 8 nitrogen and oxygen atoms in total. The summed E-state index contributed by atoms with van der Waals surface area (Å²) in [4.78, 5) is 51.9. The van der Waals surface area contributed by atoms with Gasteiger partial charge in [0.1, 0.15) is 5.69 Å². The van der Waals surface area contributed by atoms with E-state index in [-0.39, 0.29) is 43.2 Å². The molecule has 49 heavy (non-hydrogen) atoms. The fraction of sp³-hybridized carbons (Fsp3) is 0.273. The number of hydrogen-bond acceptors (Lipinski definition) is 6. The Morgan fingerprint density at radius 3 is 2.08 bits per heavy atom. The van der Waals surface area contributed by atoms with Crippen LogP contribution >= 0.6 is 45.8 Å². The van der Waals surface area contributed by atoms with Crippen LogP contribution in [0.15, 0.2) is 54.1 Å². The zero-order valence-electron chi connectivity index (χ0n) is 24.7. The molecule has 2 saturated heterocycles. The van der Waals surface area contributed by atoms with Crippen molar-refractivity contribution in [3.8, 4) is 11.5 Å². The molecule has 2 aliphatic carbocycles. The Balaban J connectivity index is 1.46. The highest BCUT2D eigenvalue weighted by molar-refractivity contribution is 14.1. The zero-order chi connectivity index (χ0) is 35.5. The van der Waals surface area contributed by atoms with Gasteiger partial charge in [-0.05, 0) is 71.2 Å². The van der Waals surface area contributed by atoms with Crippen LogP contribution in [0.5, 0.6) is 11.5 Å². The monoisotopic (exact) mass is 832 g/mol. The summed E-state index contributed by atoms with van der Waals surface area (Å²) in [6, 6.07) is 10.7. The zero-order valence-corrected chi connectivity index (χ0v) is 28.4. The summed E-state index contributed by atoms with van der Waals surface area (Å²) >= 11 is 16.0. The molecular formula is C33H20Cl2F5IN2O6. The van der Waals surface area contributed by atoms with Crippen LogP contribution in [0.1, 0.15) is 24.3 Å². The van der Waals surface area contributed by atoms with Crippen molar-refractivity contribution in [1.82, 2.24) is 0 Å². The van der Waals surface area contributed by atoms with Gasteiger partial charge in [0.15, 0.2) is 44.5 Å². The molecule has 4 aliphatic rings. The lowest BCUT2D eigenvalue weighted by Gasteiger charge is -2.50. The number of phenols is 1. The van der Waals surface area contributed by atoms with Gasteiger partial charge >= 0.3 is 0 Å². The second-order valence-corrected chi connectivity index (χ2v) is 14.5. The second kappa shape index (κ2) is 11.4. The molecule has 1 saturated carbocycles. The summed E-state index contributed by atoms with van der Waals surface area (Å²) < 4.78 is 78.8. The lowest BCUT2D eigenvalue weighted by molar-refractivity contribution is -0.125. The molecule has 16 heteroatoms. The number of para-hydroxylation sites is 1. The summed E-state index contributed by atoms with van der Waals surface area (Å²) in [5.41, 5.74) is -1.21. The summed E-state index contributed by atoms with van der Waals surface area (Å²) in [5, 5.41) is 10.6. The molecule has 0 aromatic heterocycles. The van der Waals surface area contributed by atoms with Gasteiger partial charge in [-0.1, -0.05) is 29.8 Å². The fourth-order valence-electron chi connectivity index (χ4n) is 7.69. The normalized spacial score (nSPS) is 29.2. The van der Waals surface area contributed by atoms with Gasteiger partial charge in [0.25, 0.3) is 11.8 Å². The van der Waals surface area contributed by atoms with Gasteiger partial charge in [-0.25, -0.2) is 26.9 Å². The number of methoxy groups -OCH3 is 1.